The summed E-state index contributed by atoms with van der Waals surface area (Å²) >= 11 is 14.0. The monoisotopic (exact) mass is 612 g/mol. The van der Waals surface area contributed by atoms with E-state index in [2.05, 4.69) is 10.3 Å². The second kappa shape index (κ2) is 12.5. The van der Waals surface area contributed by atoms with Crippen LogP contribution < -0.4 is 14.8 Å². The first-order valence-electron chi connectivity index (χ1n) is 12.9. The van der Waals surface area contributed by atoms with Gasteiger partial charge in [-0.25, -0.2) is 9.07 Å². The van der Waals surface area contributed by atoms with Gasteiger partial charge in [-0.05, 0) is 62.2 Å². The molecule has 1 atom stereocenters. The topological polar surface area (TPSA) is 78.3 Å². The minimum absolute atomic E-state index is 0.0742. The minimum Gasteiger partial charge on any atom is -0.490 e. The van der Waals surface area contributed by atoms with Gasteiger partial charge < -0.3 is 14.8 Å². The van der Waals surface area contributed by atoms with E-state index in [1.165, 1.54) is 24.8 Å². The van der Waals surface area contributed by atoms with Crippen molar-refractivity contribution in [3.05, 3.63) is 104 Å². The molecule has 3 aromatic carbocycles. The Balaban J connectivity index is 1.47. The molecule has 1 aliphatic heterocycles. The highest BCUT2D eigenvalue weighted by Gasteiger charge is 2.33. The van der Waals surface area contributed by atoms with Crippen LogP contribution in [0.5, 0.6) is 11.5 Å². The summed E-state index contributed by atoms with van der Waals surface area (Å²) in [6.45, 7) is 5.53. The molecule has 4 aromatic rings. The maximum absolute atomic E-state index is 14.3. The molecule has 0 saturated heterocycles. The van der Waals surface area contributed by atoms with Crippen LogP contribution in [0.15, 0.2) is 77.1 Å². The molecule has 2 heterocycles. The van der Waals surface area contributed by atoms with Gasteiger partial charge in [0.1, 0.15) is 18.5 Å². The van der Waals surface area contributed by atoms with Crippen molar-refractivity contribution in [3.8, 4) is 11.5 Å². The lowest BCUT2D eigenvalue weighted by Gasteiger charge is -2.28. The van der Waals surface area contributed by atoms with Crippen molar-refractivity contribution in [1.82, 2.24) is 14.8 Å². The number of rotatable bonds is 10. The molecule has 11 heteroatoms. The van der Waals surface area contributed by atoms with Gasteiger partial charge >= 0.3 is 0 Å². The number of halogens is 3. The van der Waals surface area contributed by atoms with Gasteiger partial charge in [-0.1, -0.05) is 65.3 Å². The number of carbonyl (C=O) groups excluding carboxylic acids is 1. The molecule has 0 saturated carbocycles. The number of fused-ring (bicyclic) bond motifs is 1. The predicted octanol–water partition coefficient (Wildman–Crippen LogP) is 7.87. The number of carbonyl (C=O) groups is 1. The fourth-order valence-corrected chi connectivity index (χ4v) is 5.95. The van der Waals surface area contributed by atoms with Gasteiger partial charge in [0.25, 0.3) is 0 Å². The first kappa shape index (κ1) is 29.0. The standard InChI is InChI=1S/C30H27Cl2FN4O3S/c1-4-39-26-14-19(12-13-25(26)40-15-21-23(32)10-7-11-24(21)33)28-27(18(3)38)17(2)34-29-35-30(36-37(28)29)41-16-20-8-5-6-9-22(20)31/h5-14,28H,4,15-16H2,1-3H3,(H,34,35,36). The van der Waals surface area contributed by atoms with Crippen molar-refractivity contribution < 1.29 is 18.7 Å². The third kappa shape index (κ3) is 6.22. The summed E-state index contributed by atoms with van der Waals surface area (Å²) in [6.07, 6.45) is 0. The number of Topliss-reactive ketones (excluding diaryl/α,β-unsaturated/α-hetero) is 1. The molecular weight excluding hydrogens is 586 g/mol. The van der Waals surface area contributed by atoms with Crippen LogP contribution in [0.1, 0.15) is 43.5 Å². The quantitative estimate of drug-likeness (QED) is 0.182. The van der Waals surface area contributed by atoms with E-state index in [1.807, 2.05) is 50.2 Å². The summed E-state index contributed by atoms with van der Waals surface area (Å²) in [6, 6.07) is 17.0. The van der Waals surface area contributed by atoms with E-state index < -0.39 is 11.9 Å². The third-order valence-electron chi connectivity index (χ3n) is 6.54. The van der Waals surface area contributed by atoms with Gasteiger partial charge in [-0.3, -0.25) is 4.79 Å². The normalized spacial score (nSPS) is 14.4. The van der Waals surface area contributed by atoms with Crippen LogP contribution >= 0.6 is 35.0 Å². The summed E-state index contributed by atoms with van der Waals surface area (Å²) in [7, 11) is 0. The maximum Gasteiger partial charge on any atom is 0.227 e. The molecule has 7 nitrogen and oxygen atoms in total. The van der Waals surface area contributed by atoms with Crippen LogP contribution in [0.3, 0.4) is 0 Å². The van der Waals surface area contributed by atoms with Crippen molar-refractivity contribution in [2.24, 2.45) is 0 Å². The molecule has 1 N–H and O–H groups in total. The lowest BCUT2D eigenvalue weighted by molar-refractivity contribution is -0.114. The second-order valence-electron chi connectivity index (χ2n) is 9.29. The molecule has 41 heavy (non-hydrogen) atoms. The number of ketones is 1. The fraction of sp³-hybridized carbons (Fsp3) is 0.233. The lowest BCUT2D eigenvalue weighted by atomic mass is 9.93. The van der Waals surface area contributed by atoms with Gasteiger partial charge in [-0.15, -0.1) is 5.10 Å². The first-order chi connectivity index (χ1) is 19.8. The van der Waals surface area contributed by atoms with Crippen LogP contribution in [0.25, 0.3) is 0 Å². The Hall–Kier alpha value is -3.53. The molecule has 1 unspecified atom stereocenters. The van der Waals surface area contributed by atoms with Crippen molar-refractivity contribution in [2.75, 3.05) is 11.9 Å². The zero-order chi connectivity index (χ0) is 29.1. The average molecular weight is 614 g/mol. The van der Waals surface area contributed by atoms with E-state index in [0.717, 1.165) is 11.1 Å². The minimum atomic E-state index is -0.555. The van der Waals surface area contributed by atoms with Crippen LogP contribution in [0.4, 0.5) is 10.3 Å². The summed E-state index contributed by atoms with van der Waals surface area (Å²) in [5.41, 5.74) is 3.23. The summed E-state index contributed by atoms with van der Waals surface area (Å²) in [5, 5.41) is 9.49. The number of benzene rings is 3. The third-order valence-corrected chi connectivity index (χ3v) is 8.15. The molecule has 0 aliphatic carbocycles. The lowest BCUT2D eigenvalue weighted by Crippen LogP contribution is -2.27. The van der Waals surface area contributed by atoms with Gasteiger partial charge in [0, 0.05) is 27.6 Å². The fourth-order valence-electron chi connectivity index (χ4n) is 4.62. The zero-order valence-corrected chi connectivity index (χ0v) is 24.9. The number of hydrogen-bond acceptors (Lipinski definition) is 7. The predicted molar refractivity (Wildman–Crippen MR) is 160 cm³/mol. The van der Waals surface area contributed by atoms with Gasteiger partial charge in [0.15, 0.2) is 17.3 Å². The zero-order valence-electron chi connectivity index (χ0n) is 22.6. The summed E-state index contributed by atoms with van der Waals surface area (Å²) in [4.78, 5) is 17.6. The molecule has 0 spiro atoms. The number of thioether (sulfide) groups is 1. The number of anilines is 1. The maximum atomic E-state index is 14.3. The van der Waals surface area contributed by atoms with Gasteiger partial charge in [-0.2, -0.15) is 4.98 Å². The number of nitrogens with one attached hydrogen (secondary N) is 1. The number of allylic oxidation sites excluding steroid dienone is 2. The Morgan fingerprint density at radius 3 is 2.59 bits per heavy atom. The Kier molecular flexibility index (Phi) is 8.87. The largest absolute Gasteiger partial charge is 0.490 e. The van der Waals surface area contributed by atoms with Gasteiger partial charge in [0.2, 0.25) is 11.1 Å². The Morgan fingerprint density at radius 2 is 1.85 bits per heavy atom. The molecule has 1 aliphatic rings. The highest BCUT2D eigenvalue weighted by Crippen LogP contribution is 2.40. The summed E-state index contributed by atoms with van der Waals surface area (Å²) in [5.74, 6) is 1.43. The molecule has 1 aromatic heterocycles. The van der Waals surface area contributed by atoms with E-state index in [4.69, 9.17) is 37.8 Å². The number of hydrogen-bond donors (Lipinski definition) is 1. The van der Waals surface area contributed by atoms with E-state index in [-0.39, 0.29) is 23.0 Å². The molecule has 0 bridgehead atoms. The van der Waals surface area contributed by atoms with Crippen LogP contribution in [0, 0.1) is 5.82 Å². The molecule has 5 rings (SSSR count). The number of aromatic nitrogens is 3. The molecule has 212 valence electrons. The molecular formula is C30H27Cl2FN4O3S. The van der Waals surface area contributed by atoms with Gasteiger partial charge in [0.05, 0.1) is 11.6 Å². The highest BCUT2D eigenvalue weighted by molar-refractivity contribution is 7.98. The van der Waals surface area contributed by atoms with Crippen molar-refractivity contribution in [1.29, 1.82) is 0 Å². The average Bonchev–Trinajstić information content (AvgIpc) is 3.34. The molecule has 0 radical (unpaired) electrons. The van der Waals surface area contributed by atoms with Crippen molar-refractivity contribution in [2.45, 2.75) is 44.3 Å². The summed E-state index contributed by atoms with van der Waals surface area (Å²) < 4.78 is 27.9. The molecule has 0 amide bonds. The first-order valence-corrected chi connectivity index (χ1v) is 14.6. The smallest absolute Gasteiger partial charge is 0.227 e. The number of ether oxygens (including phenoxy) is 2. The SMILES string of the molecule is CCOc1cc(C2C(C(C)=O)=C(C)Nc3nc(SCc4ccccc4Cl)nn32)ccc1OCc1c(F)cccc1Cl. The van der Waals surface area contributed by atoms with Crippen LogP contribution in [0.2, 0.25) is 10.0 Å². The van der Waals surface area contributed by atoms with E-state index >= 15 is 0 Å². The van der Waals surface area contributed by atoms with E-state index in [1.54, 1.807) is 22.9 Å². The Labute approximate surface area is 251 Å². The van der Waals surface area contributed by atoms with Crippen molar-refractivity contribution in [3.63, 3.8) is 0 Å². The van der Waals surface area contributed by atoms with Crippen molar-refractivity contribution >= 4 is 46.7 Å². The Bertz CT molecular complexity index is 1620. The second-order valence-corrected chi connectivity index (χ2v) is 11.1. The van der Waals surface area contributed by atoms with E-state index in [9.17, 15) is 9.18 Å². The van der Waals surface area contributed by atoms with Crippen LogP contribution in [-0.4, -0.2) is 27.2 Å². The van der Waals surface area contributed by atoms with E-state index in [0.29, 0.717) is 51.3 Å². The highest BCUT2D eigenvalue weighted by atomic mass is 35.5. The Morgan fingerprint density at radius 1 is 1.07 bits per heavy atom. The molecule has 0 fully saturated rings. The van der Waals surface area contributed by atoms with Crippen LogP contribution in [-0.2, 0) is 17.2 Å². The number of nitrogens with zero attached hydrogens (tertiary/aromatic N) is 3.